The topological polar surface area (TPSA) is 95.9 Å². The second-order valence-electron chi connectivity index (χ2n) is 4.54. The minimum Gasteiger partial charge on any atom is -0.481 e. The van der Waals surface area contributed by atoms with Gasteiger partial charge in [0.2, 0.25) is 0 Å². The van der Waals surface area contributed by atoms with Crippen LogP contribution in [0.2, 0.25) is 0 Å². The van der Waals surface area contributed by atoms with Crippen LogP contribution in [0.4, 0.5) is 4.79 Å². The van der Waals surface area contributed by atoms with Gasteiger partial charge in [-0.2, -0.15) is 0 Å². The van der Waals surface area contributed by atoms with E-state index in [0.717, 1.165) is 0 Å². The van der Waals surface area contributed by atoms with Crippen molar-refractivity contribution in [2.75, 3.05) is 26.7 Å². The van der Waals surface area contributed by atoms with Crippen molar-refractivity contribution in [2.24, 2.45) is 5.92 Å². The number of ether oxygens (including phenoxy) is 1. The fraction of sp³-hybridized carbons (Fsp3) is 0.750. The van der Waals surface area contributed by atoms with Crippen molar-refractivity contribution >= 4 is 18.0 Å². The first-order valence-electron chi connectivity index (χ1n) is 6.37. The minimum absolute atomic E-state index is 0.115. The lowest BCUT2D eigenvalue weighted by Crippen LogP contribution is -2.39. The predicted molar refractivity (Wildman–Crippen MR) is 66.6 cm³/mol. The van der Waals surface area contributed by atoms with Gasteiger partial charge in [0.25, 0.3) is 0 Å². The number of amides is 2. The van der Waals surface area contributed by atoms with Gasteiger partial charge in [-0.1, -0.05) is 0 Å². The maximum Gasteiger partial charge on any atom is 0.317 e. The molecule has 7 heteroatoms. The van der Waals surface area contributed by atoms with Crippen LogP contribution in [0.25, 0.3) is 0 Å². The second-order valence-corrected chi connectivity index (χ2v) is 4.54. The summed E-state index contributed by atoms with van der Waals surface area (Å²) in [6.07, 6.45) is 1.91. The predicted octanol–water partition coefficient (Wildman–Crippen LogP) is 0.446. The first kappa shape index (κ1) is 15.3. The highest BCUT2D eigenvalue weighted by atomic mass is 16.5. The largest absolute Gasteiger partial charge is 0.481 e. The SMILES string of the molecule is COC(=O)C1CCN(C(=O)NCCCCC(=O)O)C1. The van der Waals surface area contributed by atoms with Gasteiger partial charge in [0.15, 0.2) is 0 Å². The molecule has 1 saturated heterocycles. The van der Waals surface area contributed by atoms with Gasteiger partial charge in [0.1, 0.15) is 0 Å². The van der Waals surface area contributed by atoms with Gasteiger partial charge in [0.05, 0.1) is 13.0 Å². The lowest BCUT2D eigenvalue weighted by atomic mass is 10.1. The zero-order chi connectivity index (χ0) is 14.3. The third-order valence-electron chi connectivity index (χ3n) is 3.10. The van der Waals surface area contributed by atoms with E-state index in [-0.39, 0.29) is 24.3 Å². The third-order valence-corrected chi connectivity index (χ3v) is 3.10. The molecule has 0 spiro atoms. The molecule has 0 aromatic carbocycles. The Morgan fingerprint density at radius 3 is 2.74 bits per heavy atom. The smallest absolute Gasteiger partial charge is 0.317 e. The van der Waals surface area contributed by atoms with E-state index in [9.17, 15) is 14.4 Å². The Morgan fingerprint density at radius 2 is 2.11 bits per heavy atom. The van der Waals surface area contributed by atoms with E-state index in [2.05, 4.69) is 10.1 Å². The van der Waals surface area contributed by atoms with E-state index < -0.39 is 5.97 Å². The highest BCUT2D eigenvalue weighted by Gasteiger charge is 2.31. The van der Waals surface area contributed by atoms with Gasteiger partial charge in [-0.25, -0.2) is 4.79 Å². The quantitative estimate of drug-likeness (QED) is 0.540. The number of carboxylic acids is 1. The van der Waals surface area contributed by atoms with Gasteiger partial charge >= 0.3 is 18.0 Å². The van der Waals surface area contributed by atoms with Crippen molar-refractivity contribution in [2.45, 2.75) is 25.7 Å². The zero-order valence-electron chi connectivity index (χ0n) is 11.1. The molecule has 0 radical (unpaired) electrons. The van der Waals surface area contributed by atoms with Crippen LogP contribution in [-0.2, 0) is 14.3 Å². The van der Waals surface area contributed by atoms with E-state index >= 15 is 0 Å². The van der Waals surface area contributed by atoms with E-state index in [1.165, 1.54) is 7.11 Å². The summed E-state index contributed by atoms with van der Waals surface area (Å²) >= 11 is 0. The van der Waals surface area contributed by atoms with Crippen molar-refractivity contribution in [1.29, 1.82) is 0 Å². The molecule has 7 nitrogen and oxygen atoms in total. The lowest BCUT2D eigenvalue weighted by molar-refractivity contribution is -0.144. The fourth-order valence-corrected chi connectivity index (χ4v) is 2.01. The monoisotopic (exact) mass is 272 g/mol. The molecule has 1 heterocycles. The summed E-state index contributed by atoms with van der Waals surface area (Å²) < 4.78 is 4.64. The molecule has 1 atom stereocenters. The summed E-state index contributed by atoms with van der Waals surface area (Å²) in [6.45, 7) is 1.37. The molecule has 0 aromatic heterocycles. The van der Waals surface area contributed by atoms with E-state index in [4.69, 9.17) is 5.11 Å². The Morgan fingerprint density at radius 1 is 1.37 bits per heavy atom. The van der Waals surface area contributed by atoms with Crippen LogP contribution >= 0.6 is 0 Å². The molecule has 1 rings (SSSR count). The van der Waals surface area contributed by atoms with Crippen molar-refractivity contribution in [3.05, 3.63) is 0 Å². The summed E-state index contributed by atoms with van der Waals surface area (Å²) in [5.41, 5.74) is 0. The number of unbranched alkanes of at least 4 members (excludes halogenated alkanes) is 1. The first-order valence-corrected chi connectivity index (χ1v) is 6.37. The van der Waals surface area contributed by atoms with Crippen LogP contribution in [0.15, 0.2) is 0 Å². The number of likely N-dealkylation sites (tertiary alicyclic amines) is 1. The summed E-state index contributed by atoms with van der Waals surface area (Å²) in [6, 6.07) is -0.207. The third kappa shape index (κ3) is 5.15. The van der Waals surface area contributed by atoms with Crippen molar-refractivity contribution < 1.29 is 24.2 Å². The van der Waals surface area contributed by atoms with Crippen LogP contribution < -0.4 is 5.32 Å². The van der Waals surface area contributed by atoms with Crippen molar-refractivity contribution in [1.82, 2.24) is 10.2 Å². The molecule has 1 aliphatic heterocycles. The number of carbonyl (C=O) groups excluding carboxylic acids is 2. The Labute approximate surface area is 111 Å². The first-order chi connectivity index (χ1) is 9.04. The van der Waals surface area contributed by atoms with E-state index in [0.29, 0.717) is 38.9 Å². The van der Waals surface area contributed by atoms with Crippen LogP contribution in [0.1, 0.15) is 25.7 Å². The van der Waals surface area contributed by atoms with Gasteiger partial charge in [-0.05, 0) is 19.3 Å². The molecule has 1 aliphatic rings. The number of carboxylic acid groups (broad SMARTS) is 1. The molecule has 0 saturated carbocycles. The molecule has 1 fully saturated rings. The molecule has 2 N–H and O–H groups in total. The van der Waals surface area contributed by atoms with Gasteiger partial charge in [-0.15, -0.1) is 0 Å². The number of nitrogens with one attached hydrogen (secondary N) is 1. The summed E-state index contributed by atoms with van der Waals surface area (Å²) in [4.78, 5) is 34.9. The number of hydrogen-bond donors (Lipinski definition) is 2. The van der Waals surface area contributed by atoms with Gasteiger partial charge in [-0.3, -0.25) is 9.59 Å². The maximum atomic E-state index is 11.7. The number of aliphatic carboxylic acids is 1. The maximum absolute atomic E-state index is 11.7. The van der Waals surface area contributed by atoms with Crippen molar-refractivity contribution in [3.63, 3.8) is 0 Å². The van der Waals surface area contributed by atoms with Crippen molar-refractivity contribution in [3.8, 4) is 0 Å². The van der Waals surface area contributed by atoms with E-state index in [1.807, 2.05) is 0 Å². The Bertz CT molecular complexity index is 345. The number of urea groups is 1. The average Bonchev–Trinajstić information content (AvgIpc) is 2.86. The zero-order valence-corrected chi connectivity index (χ0v) is 11.1. The number of hydrogen-bond acceptors (Lipinski definition) is 4. The van der Waals surface area contributed by atoms with Crippen LogP contribution in [-0.4, -0.2) is 54.7 Å². The van der Waals surface area contributed by atoms with Gasteiger partial charge in [0, 0.05) is 26.1 Å². The molecule has 0 aliphatic carbocycles. The molecule has 2 amide bonds. The molecule has 19 heavy (non-hydrogen) atoms. The summed E-state index contributed by atoms with van der Waals surface area (Å²) in [7, 11) is 1.34. The standard InChI is InChI=1S/C12H20N2O5/c1-19-11(17)9-5-7-14(8-9)12(18)13-6-3-2-4-10(15)16/h9H,2-8H2,1H3,(H,13,18)(H,15,16). The summed E-state index contributed by atoms with van der Waals surface area (Å²) in [5, 5.41) is 11.2. The molecular formula is C12H20N2O5. The Balaban J connectivity index is 2.17. The van der Waals surface area contributed by atoms with Gasteiger partial charge < -0.3 is 20.1 Å². The fourth-order valence-electron chi connectivity index (χ4n) is 2.01. The number of methoxy groups -OCH3 is 1. The number of nitrogens with zero attached hydrogens (tertiary/aromatic N) is 1. The minimum atomic E-state index is -0.827. The Hall–Kier alpha value is -1.79. The summed E-state index contributed by atoms with van der Waals surface area (Å²) in [5.74, 6) is -1.34. The number of rotatable bonds is 6. The Kier molecular flexibility index (Phi) is 6.11. The van der Waals surface area contributed by atoms with Crippen LogP contribution in [0.5, 0.6) is 0 Å². The molecule has 1 unspecified atom stereocenters. The lowest BCUT2D eigenvalue weighted by Gasteiger charge is -2.16. The van der Waals surface area contributed by atoms with E-state index in [1.54, 1.807) is 4.90 Å². The molecule has 0 bridgehead atoms. The highest BCUT2D eigenvalue weighted by Crippen LogP contribution is 2.17. The molecular weight excluding hydrogens is 252 g/mol. The second kappa shape index (κ2) is 7.60. The normalized spacial score (nSPS) is 18.2. The molecule has 0 aromatic rings. The van der Waals surface area contributed by atoms with Crippen LogP contribution in [0.3, 0.4) is 0 Å². The van der Waals surface area contributed by atoms with Crippen LogP contribution in [0, 0.1) is 5.92 Å². The molecule has 108 valence electrons. The highest BCUT2D eigenvalue weighted by molar-refractivity contribution is 5.78. The average molecular weight is 272 g/mol. The number of carbonyl (C=O) groups is 3. The number of esters is 1.